The van der Waals surface area contributed by atoms with Gasteiger partial charge in [0.25, 0.3) is 0 Å². The fourth-order valence-electron chi connectivity index (χ4n) is 1.06. The maximum absolute atomic E-state index is 9.18. The van der Waals surface area contributed by atoms with Crippen molar-refractivity contribution in [3.8, 4) is 6.07 Å². The molecule has 0 spiro atoms. The number of aromatic nitrogens is 2. The van der Waals surface area contributed by atoms with E-state index >= 15 is 0 Å². The number of rotatable bonds is 5. The second-order valence-electron chi connectivity index (χ2n) is 3.73. The third kappa shape index (κ3) is 3.30. The fraction of sp³-hybridized carbons (Fsp3) is 0.500. The van der Waals surface area contributed by atoms with Crippen molar-refractivity contribution in [3.63, 3.8) is 0 Å². The van der Waals surface area contributed by atoms with E-state index in [2.05, 4.69) is 15.3 Å². The molecule has 1 rings (SSSR count). The number of hydrogen-bond acceptors (Lipinski definition) is 7. The molecule has 0 saturated heterocycles. The molecule has 0 fully saturated rings. The molecule has 6 nitrogen and oxygen atoms in total. The summed E-state index contributed by atoms with van der Waals surface area (Å²) in [7, 11) is 0. The Labute approximate surface area is 104 Å². The van der Waals surface area contributed by atoms with E-state index in [1.54, 1.807) is 6.92 Å². The number of aliphatic hydroxyl groups is 2. The van der Waals surface area contributed by atoms with Crippen LogP contribution in [0.3, 0.4) is 0 Å². The topological polar surface area (TPSA) is 102 Å². The number of anilines is 1. The molecule has 0 aliphatic heterocycles. The number of nitrogens with zero attached hydrogens (tertiary/aromatic N) is 3. The van der Waals surface area contributed by atoms with Crippen LogP contribution in [0.2, 0.25) is 0 Å². The zero-order valence-corrected chi connectivity index (χ0v) is 10.5. The predicted molar refractivity (Wildman–Crippen MR) is 64.7 cm³/mol. The van der Waals surface area contributed by atoms with Crippen molar-refractivity contribution < 1.29 is 10.2 Å². The summed E-state index contributed by atoms with van der Waals surface area (Å²) in [4.78, 5) is 8.11. The Bertz CT molecular complexity index is 429. The monoisotopic (exact) mass is 254 g/mol. The summed E-state index contributed by atoms with van der Waals surface area (Å²) in [6.07, 6.45) is 3.23. The maximum Gasteiger partial charge on any atom is 0.189 e. The normalized spacial score (nSPS) is 11.0. The Morgan fingerprint density at radius 3 is 2.65 bits per heavy atom. The van der Waals surface area contributed by atoms with Gasteiger partial charge in [0.2, 0.25) is 0 Å². The molecule has 0 amide bonds. The molecule has 0 radical (unpaired) electrons. The van der Waals surface area contributed by atoms with E-state index < -0.39 is 5.54 Å². The van der Waals surface area contributed by atoms with Crippen molar-refractivity contribution in [1.29, 1.82) is 5.26 Å². The first-order valence-electron chi connectivity index (χ1n) is 4.89. The smallest absolute Gasteiger partial charge is 0.189 e. The summed E-state index contributed by atoms with van der Waals surface area (Å²) >= 11 is 1.35. The number of hydrogen-bond donors (Lipinski definition) is 3. The van der Waals surface area contributed by atoms with E-state index in [1.165, 1.54) is 18.0 Å². The highest BCUT2D eigenvalue weighted by Crippen LogP contribution is 2.19. The molecule has 1 aromatic heterocycles. The van der Waals surface area contributed by atoms with Gasteiger partial charge in [-0.05, 0) is 13.2 Å². The molecular formula is C10H14N4O2S. The van der Waals surface area contributed by atoms with Crippen LogP contribution in [0.15, 0.2) is 11.4 Å². The highest BCUT2D eigenvalue weighted by Gasteiger charge is 2.24. The second-order valence-corrected chi connectivity index (χ2v) is 4.51. The maximum atomic E-state index is 9.18. The number of thioether (sulfide) groups is 1. The van der Waals surface area contributed by atoms with Gasteiger partial charge in [0.1, 0.15) is 17.5 Å². The lowest BCUT2D eigenvalue weighted by atomic mass is 10.1. The van der Waals surface area contributed by atoms with Crippen LogP contribution in [0, 0.1) is 11.3 Å². The first-order chi connectivity index (χ1) is 8.08. The Morgan fingerprint density at radius 2 is 2.18 bits per heavy atom. The van der Waals surface area contributed by atoms with E-state index in [4.69, 9.17) is 5.26 Å². The first-order valence-corrected chi connectivity index (χ1v) is 6.12. The van der Waals surface area contributed by atoms with Gasteiger partial charge < -0.3 is 15.5 Å². The molecule has 1 aromatic rings. The van der Waals surface area contributed by atoms with Crippen LogP contribution in [0.5, 0.6) is 0 Å². The van der Waals surface area contributed by atoms with E-state index in [9.17, 15) is 10.2 Å². The molecule has 0 saturated carbocycles. The molecule has 0 aliphatic carbocycles. The Hall–Kier alpha value is -1.36. The predicted octanol–water partition coefficient (Wildman–Crippen LogP) is 0.225. The molecule has 92 valence electrons. The minimum atomic E-state index is -0.921. The lowest BCUT2D eigenvalue weighted by Gasteiger charge is -2.27. The van der Waals surface area contributed by atoms with Crippen molar-refractivity contribution in [2.45, 2.75) is 17.6 Å². The molecule has 17 heavy (non-hydrogen) atoms. The van der Waals surface area contributed by atoms with Gasteiger partial charge in [0.05, 0.1) is 24.9 Å². The van der Waals surface area contributed by atoms with Gasteiger partial charge in [-0.15, -0.1) is 0 Å². The Morgan fingerprint density at radius 1 is 1.53 bits per heavy atom. The van der Waals surface area contributed by atoms with Crippen LogP contribution < -0.4 is 5.32 Å². The van der Waals surface area contributed by atoms with Gasteiger partial charge >= 0.3 is 0 Å². The highest BCUT2D eigenvalue weighted by atomic mass is 32.2. The molecule has 0 aliphatic rings. The summed E-state index contributed by atoms with van der Waals surface area (Å²) in [6.45, 7) is 1.09. The van der Waals surface area contributed by atoms with Gasteiger partial charge in [0, 0.05) is 0 Å². The first kappa shape index (κ1) is 13.7. The largest absolute Gasteiger partial charge is 0.394 e. The van der Waals surface area contributed by atoms with Gasteiger partial charge in [-0.1, -0.05) is 11.8 Å². The lowest BCUT2D eigenvalue weighted by molar-refractivity contribution is 0.147. The third-order valence-electron chi connectivity index (χ3n) is 2.19. The average molecular weight is 254 g/mol. The van der Waals surface area contributed by atoms with Gasteiger partial charge in [-0.2, -0.15) is 5.26 Å². The molecule has 0 bridgehead atoms. The Balaban J connectivity index is 3.07. The lowest BCUT2D eigenvalue weighted by Crippen LogP contribution is -2.43. The van der Waals surface area contributed by atoms with Crippen molar-refractivity contribution in [2.75, 3.05) is 24.8 Å². The van der Waals surface area contributed by atoms with E-state index in [1.807, 2.05) is 12.3 Å². The van der Waals surface area contributed by atoms with Gasteiger partial charge in [-0.3, -0.25) is 0 Å². The van der Waals surface area contributed by atoms with E-state index in [0.717, 1.165) is 0 Å². The summed E-state index contributed by atoms with van der Waals surface area (Å²) < 4.78 is 0. The van der Waals surface area contributed by atoms with Gasteiger partial charge in [0.15, 0.2) is 5.16 Å². The number of nitrogens with one attached hydrogen (secondary N) is 1. The zero-order valence-electron chi connectivity index (χ0n) is 9.64. The van der Waals surface area contributed by atoms with E-state index in [-0.39, 0.29) is 18.8 Å². The van der Waals surface area contributed by atoms with Crippen LogP contribution in [0.4, 0.5) is 5.82 Å². The summed E-state index contributed by atoms with van der Waals surface area (Å²) in [6, 6.07) is 1.96. The Kier molecular flexibility index (Phi) is 4.69. The quantitative estimate of drug-likeness (QED) is 0.510. The van der Waals surface area contributed by atoms with Crippen LogP contribution in [-0.4, -0.2) is 45.2 Å². The van der Waals surface area contributed by atoms with Gasteiger partial charge in [-0.25, -0.2) is 9.97 Å². The summed E-state index contributed by atoms with van der Waals surface area (Å²) in [5, 5.41) is 30.7. The van der Waals surface area contributed by atoms with Crippen LogP contribution in [0.1, 0.15) is 12.5 Å². The zero-order chi connectivity index (χ0) is 12.9. The summed E-state index contributed by atoms with van der Waals surface area (Å²) in [5.74, 6) is 0.317. The van der Waals surface area contributed by atoms with Crippen LogP contribution in [-0.2, 0) is 0 Å². The van der Waals surface area contributed by atoms with E-state index in [0.29, 0.717) is 11.0 Å². The molecular weight excluding hydrogens is 240 g/mol. The number of nitriles is 1. The molecule has 7 heteroatoms. The van der Waals surface area contributed by atoms with Crippen molar-refractivity contribution in [2.24, 2.45) is 0 Å². The average Bonchev–Trinajstić information content (AvgIpc) is 2.38. The highest BCUT2D eigenvalue weighted by molar-refractivity contribution is 7.98. The molecule has 0 unspecified atom stereocenters. The van der Waals surface area contributed by atoms with Crippen molar-refractivity contribution >= 4 is 17.6 Å². The third-order valence-corrected chi connectivity index (χ3v) is 2.75. The SMILES string of the molecule is CSc1ncc(C#N)c(NC(C)(CO)CO)n1. The minimum Gasteiger partial charge on any atom is -0.394 e. The van der Waals surface area contributed by atoms with Crippen LogP contribution in [0.25, 0.3) is 0 Å². The van der Waals surface area contributed by atoms with Crippen molar-refractivity contribution in [3.05, 3.63) is 11.8 Å². The summed E-state index contributed by atoms with van der Waals surface area (Å²) in [5.41, 5.74) is -0.647. The second kappa shape index (κ2) is 5.82. The molecule has 3 N–H and O–H groups in total. The molecule has 0 atom stereocenters. The number of aliphatic hydroxyl groups excluding tert-OH is 2. The van der Waals surface area contributed by atoms with Crippen molar-refractivity contribution in [1.82, 2.24) is 9.97 Å². The fourth-order valence-corrected chi connectivity index (χ4v) is 1.40. The molecule has 0 aromatic carbocycles. The standard InChI is InChI=1S/C10H14N4O2S/c1-10(5-15,6-16)14-8-7(3-11)4-12-9(13-8)17-2/h4,15-16H,5-6H2,1-2H3,(H,12,13,14). The minimum absolute atomic E-state index is 0.271. The van der Waals surface area contributed by atoms with Crippen LogP contribution >= 0.6 is 11.8 Å². The molecule has 1 heterocycles.